The fourth-order valence-electron chi connectivity index (χ4n) is 3.88. The lowest BCUT2D eigenvalue weighted by Gasteiger charge is -2.47. The van der Waals surface area contributed by atoms with Crippen molar-refractivity contribution in [2.45, 2.75) is 38.6 Å². The zero-order chi connectivity index (χ0) is 15.7. The molecule has 0 amide bonds. The average molecular weight is 303 g/mol. The minimum atomic E-state index is 0.282. The quantitative estimate of drug-likeness (QED) is 0.789. The Hall–Kier alpha value is -1.20. The van der Waals surface area contributed by atoms with Gasteiger partial charge in [-0.05, 0) is 66.4 Å². The molecule has 0 radical (unpaired) electrons. The minimum absolute atomic E-state index is 0.282. The SMILES string of the molecule is Cc1cc(C)nc(N2CCCN(C)C3(CCN(C)CC3)C2)n1. The summed E-state index contributed by atoms with van der Waals surface area (Å²) in [6.45, 7) is 9.79. The van der Waals surface area contributed by atoms with Crippen molar-refractivity contribution in [1.82, 2.24) is 19.8 Å². The summed E-state index contributed by atoms with van der Waals surface area (Å²) < 4.78 is 0. The molecule has 1 aromatic heterocycles. The van der Waals surface area contributed by atoms with Crippen LogP contribution in [0.3, 0.4) is 0 Å². The second kappa shape index (κ2) is 6.13. The standard InChI is InChI=1S/C17H29N5/c1-14-12-15(2)19-16(18-14)22-9-5-8-21(4)17(13-22)6-10-20(3)11-7-17/h12H,5-11,13H2,1-4H3. The molecule has 2 aliphatic heterocycles. The van der Waals surface area contributed by atoms with Gasteiger partial charge >= 0.3 is 0 Å². The van der Waals surface area contributed by atoms with Crippen LogP contribution in [-0.2, 0) is 0 Å². The van der Waals surface area contributed by atoms with E-state index in [1.165, 1.54) is 38.9 Å². The van der Waals surface area contributed by atoms with Gasteiger partial charge in [-0.25, -0.2) is 9.97 Å². The monoisotopic (exact) mass is 303 g/mol. The summed E-state index contributed by atoms with van der Waals surface area (Å²) in [7, 11) is 4.53. The lowest BCUT2D eigenvalue weighted by Crippen LogP contribution is -2.57. The normalized spacial score (nSPS) is 23.7. The highest BCUT2D eigenvalue weighted by molar-refractivity contribution is 5.34. The molecule has 22 heavy (non-hydrogen) atoms. The summed E-state index contributed by atoms with van der Waals surface area (Å²) in [5.41, 5.74) is 2.42. The molecule has 0 saturated carbocycles. The fraction of sp³-hybridized carbons (Fsp3) is 0.765. The van der Waals surface area contributed by atoms with Crippen LogP contribution in [0.25, 0.3) is 0 Å². The highest BCUT2D eigenvalue weighted by atomic mass is 15.3. The van der Waals surface area contributed by atoms with Crippen molar-refractivity contribution in [2.75, 3.05) is 51.7 Å². The van der Waals surface area contributed by atoms with E-state index in [-0.39, 0.29) is 5.54 Å². The van der Waals surface area contributed by atoms with Gasteiger partial charge in [0.1, 0.15) is 0 Å². The van der Waals surface area contributed by atoms with Crippen molar-refractivity contribution in [3.05, 3.63) is 17.5 Å². The first-order valence-electron chi connectivity index (χ1n) is 8.46. The third-order valence-electron chi connectivity index (χ3n) is 5.39. The Bertz CT molecular complexity index is 502. The van der Waals surface area contributed by atoms with E-state index in [0.29, 0.717) is 0 Å². The Labute approximate surface area is 134 Å². The van der Waals surface area contributed by atoms with Gasteiger partial charge in [0.05, 0.1) is 0 Å². The second-order valence-electron chi connectivity index (χ2n) is 7.17. The van der Waals surface area contributed by atoms with Crippen LogP contribution < -0.4 is 4.90 Å². The molecule has 2 saturated heterocycles. The number of piperidine rings is 1. The van der Waals surface area contributed by atoms with E-state index >= 15 is 0 Å². The smallest absolute Gasteiger partial charge is 0.225 e. The maximum Gasteiger partial charge on any atom is 0.225 e. The fourth-order valence-corrected chi connectivity index (χ4v) is 3.88. The number of aromatic nitrogens is 2. The van der Waals surface area contributed by atoms with Crippen molar-refractivity contribution in [2.24, 2.45) is 0 Å². The van der Waals surface area contributed by atoms with E-state index in [9.17, 15) is 0 Å². The number of hydrogen-bond donors (Lipinski definition) is 0. The number of likely N-dealkylation sites (tertiary alicyclic amines) is 1. The Morgan fingerprint density at radius 2 is 1.59 bits per heavy atom. The number of anilines is 1. The highest BCUT2D eigenvalue weighted by Gasteiger charge is 2.40. The van der Waals surface area contributed by atoms with Gasteiger partial charge in [0.25, 0.3) is 0 Å². The van der Waals surface area contributed by atoms with Crippen LogP contribution in [0.4, 0.5) is 5.95 Å². The molecule has 3 heterocycles. The molecule has 0 unspecified atom stereocenters. The molecule has 1 aromatic rings. The second-order valence-corrected chi connectivity index (χ2v) is 7.17. The predicted molar refractivity (Wildman–Crippen MR) is 90.4 cm³/mol. The van der Waals surface area contributed by atoms with Crippen LogP contribution in [-0.4, -0.2) is 72.1 Å². The summed E-state index contributed by atoms with van der Waals surface area (Å²) in [4.78, 5) is 16.9. The van der Waals surface area contributed by atoms with Crippen molar-refractivity contribution in [3.8, 4) is 0 Å². The molecule has 1 spiro atoms. The Morgan fingerprint density at radius 1 is 0.955 bits per heavy atom. The topological polar surface area (TPSA) is 35.5 Å². The molecule has 3 rings (SSSR count). The maximum absolute atomic E-state index is 4.70. The Morgan fingerprint density at radius 3 is 2.23 bits per heavy atom. The van der Waals surface area contributed by atoms with E-state index in [4.69, 9.17) is 9.97 Å². The first-order valence-corrected chi connectivity index (χ1v) is 8.46. The van der Waals surface area contributed by atoms with Crippen LogP contribution in [0.1, 0.15) is 30.7 Å². The summed E-state index contributed by atoms with van der Waals surface area (Å²) in [6.07, 6.45) is 3.66. The molecule has 5 nitrogen and oxygen atoms in total. The number of likely N-dealkylation sites (N-methyl/N-ethyl adjacent to an activating group) is 1. The first-order chi connectivity index (χ1) is 10.5. The van der Waals surface area contributed by atoms with Crippen LogP contribution in [0.2, 0.25) is 0 Å². The van der Waals surface area contributed by atoms with Gasteiger partial charge in [-0.3, -0.25) is 4.90 Å². The summed E-state index contributed by atoms with van der Waals surface area (Å²) in [5, 5.41) is 0. The van der Waals surface area contributed by atoms with E-state index < -0.39 is 0 Å². The lowest BCUT2D eigenvalue weighted by molar-refractivity contribution is 0.0603. The molecule has 0 N–H and O–H groups in total. The van der Waals surface area contributed by atoms with Crippen molar-refractivity contribution in [3.63, 3.8) is 0 Å². The van der Waals surface area contributed by atoms with E-state index in [1.807, 2.05) is 0 Å². The zero-order valence-corrected chi connectivity index (χ0v) is 14.5. The zero-order valence-electron chi connectivity index (χ0n) is 14.5. The molecule has 0 atom stereocenters. The average Bonchev–Trinajstić information content (AvgIpc) is 2.62. The lowest BCUT2D eigenvalue weighted by atomic mass is 9.85. The van der Waals surface area contributed by atoms with Gasteiger partial charge in [-0.15, -0.1) is 0 Å². The summed E-state index contributed by atoms with van der Waals surface area (Å²) in [6, 6.07) is 2.05. The third-order valence-corrected chi connectivity index (χ3v) is 5.39. The first kappa shape index (κ1) is 15.7. The molecule has 0 aromatic carbocycles. The van der Waals surface area contributed by atoms with Crippen LogP contribution in [0.15, 0.2) is 6.07 Å². The molecule has 122 valence electrons. The van der Waals surface area contributed by atoms with Gasteiger partial charge in [-0.1, -0.05) is 0 Å². The number of aryl methyl sites for hydroxylation is 2. The molecule has 0 bridgehead atoms. The number of nitrogens with zero attached hydrogens (tertiary/aromatic N) is 5. The third kappa shape index (κ3) is 3.10. The molecule has 0 aliphatic carbocycles. The van der Waals surface area contributed by atoms with Crippen LogP contribution >= 0.6 is 0 Å². The van der Waals surface area contributed by atoms with E-state index in [2.05, 4.69) is 48.7 Å². The van der Waals surface area contributed by atoms with E-state index in [0.717, 1.165) is 30.4 Å². The van der Waals surface area contributed by atoms with E-state index in [1.54, 1.807) is 0 Å². The number of hydrogen-bond acceptors (Lipinski definition) is 5. The van der Waals surface area contributed by atoms with Gasteiger partial charge < -0.3 is 9.80 Å². The van der Waals surface area contributed by atoms with Crippen molar-refractivity contribution < 1.29 is 0 Å². The summed E-state index contributed by atoms with van der Waals surface area (Å²) in [5.74, 6) is 0.922. The van der Waals surface area contributed by atoms with Crippen LogP contribution in [0, 0.1) is 13.8 Å². The van der Waals surface area contributed by atoms with Crippen molar-refractivity contribution in [1.29, 1.82) is 0 Å². The van der Waals surface area contributed by atoms with Crippen LogP contribution in [0.5, 0.6) is 0 Å². The van der Waals surface area contributed by atoms with Gasteiger partial charge in [0, 0.05) is 36.6 Å². The molecular formula is C17H29N5. The Kier molecular flexibility index (Phi) is 4.37. The highest BCUT2D eigenvalue weighted by Crippen LogP contribution is 2.32. The molecular weight excluding hydrogens is 274 g/mol. The predicted octanol–water partition coefficient (Wildman–Crippen LogP) is 1.70. The molecule has 2 aliphatic rings. The summed E-state index contributed by atoms with van der Waals surface area (Å²) >= 11 is 0. The van der Waals surface area contributed by atoms with Crippen molar-refractivity contribution >= 4 is 5.95 Å². The number of rotatable bonds is 1. The van der Waals surface area contributed by atoms with Gasteiger partial charge in [0.2, 0.25) is 5.95 Å². The molecule has 5 heteroatoms. The van der Waals surface area contributed by atoms with Gasteiger partial charge in [-0.2, -0.15) is 0 Å². The Balaban J connectivity index is 1.86. The largest absolute Gasteiger partial charge is 0.339 e. The van der Waals surface area contributed by atoms with Gasteiger partial charge in [0.15, 0.2) is 0 Å². The molecule has 2 fully saturated rings. The minimum Gasteiger partial charge on any atom is -0.339 e. The maximum atomic E-state index is 4.70.